The van der Waals surface area contributed by atoms with Crippen LogP contribution in [0, 0.1) is 0 Å². The van der Waals surface area contributed by atoms with Crippen LogP contribution in [0.25, 0.3) is 10.9 Å². The third kappa shape index (κ3) is 2.18. The highest BCUT2D eigenvalue weighted by Crippen LogP contribution is 2.29. The van der Waals surface area contributed by atoms with E-state index in [2.05, 4.69) is 4.98 Å². The van der Waals surface area contributed by atoms with Crippen molar-refractivity contribution in [3.63, 3.8) is 0 Å². The van der Waals surface area contributed by atoms with Crippen LogP contribution in [-0.4, -0.2) is 23.6 Å². The van der Waals surface area contributed by atoms with Gasteiger partial charge in [-0.05, 0) is 25.1 Å². The Morgan fingerprint density at radius 3 is 2.72 bits per heavy atom. The van der Waals surface area contributed by atoms with Crippen molar-refractivity contribution in [2.24, 2.45) is 0 Å². The number of benzene rings is 1. The number of hydrogen-bond acceptors (Lipinski definition) is 2. The first-order valence-corrected chi connectivity index (χ1v) is 5.29. The smallest absolute Gasteiger partial charge is 0.454 e. The second-order valence-corrected chi connectivity index (χ2v) is 3.67. The molecule has 1 aromatic heterocycles. The average Bonchev–Trinajstić information content (AvgIpc) is 2.70. The molecule has 0 bridgehead atoms. The summed E-state index contributed by atoms with van der Waals surface area (Å²) in [7, 11) is 0. The van der Waals surface area contributed by atoms with Gasteiger partial charge in [0.2, 0.25) is 0 Å². The van der Waals surface area contributed by atoms with Crippen LogP contribution >= 0.6 is 0 Å². The first-order chi connectivity index (χ1) is 8.43. The van der Waals surface area contributed by atoms with Crippen LogP contribution in [0.2, 0.25) is 0 Å². The molecule has 6 heteroatoms. The molecular formula is C12H10F3NO2. The van der Waals surface area contributed by atoms with Crippen LogP contribution in [0.4, 0.5) is 13.2 Å². The van der Waals surface area contributed by atoms with E-state index in [-0.39, 0.29) is 10.9 Å². The summed E-state index contributed by atoms with van der Waals surface area (Å²) in [6.07, 6.45) is -3.81. The molecule has 0 radical (unpaired) electrons. The Bertz CT molecular complexity index is 587. The predicted molar refractivity (Wildman–Crippen MR) is 59.9 cm³/mol. The van der Waals surface area contributed by atoms with E-state index in [0.29, 0.717) is 17.9 Å². The SMILES string of the molecule is CCOc1ccc2[nH]cc(C(=O)C(F)(F)F)c2c1. The van der Waals surface area contributed by atoms with E-state index in [4.69, 9.17) is 4.74 Å². The monoisotopic (exact) mass is 257 g/mol. The molecule has 2 aromatic rings. The van der Waals surface area contributed by atoms with Crippen LogP contribution in [-0.2, 0) is 0 Å². The minimum absolute atomic E-state index is 0.211. The lowest BCUT2D eigenvalue weighted by atomic mass is 10.1. The van der Waals surface area contributed by atoms with Gasteiger partial charge >= 0.3 is 6.18 Å². The lowest BCUT2D eigenvalue weighted by Gasteiger charge is -2.05. The molecule has 0 fully saturated rings. The van der Waals surface area contributed by atoms with Gasteiger partial charge in [-0.2, -0.15) is 13.2 Å². The number of ether oxygens (including phenoxy) is 1. The first kappa shape index (κ1) is 12.5. The van der Waals surface area contributed by atoms with Gasteiger partial charge in [0, 0.05) is 17.1 Å². The van der Waals surface area contributed by atoms with Crippen molar-refractivity contribution in [2.75, 3.05) is 6.61 Å². The van der Waals surface area contributed by atoms with Crippen LogP contribution in [0.15, 0.2) is 24.4 Å². The number of aromatic amines is 1. The molecule has 0 aliphatic carbocycles. The Hall–Kier alpha value is -1.98. The molecule has 1 heterocycles. The maximum atomic E-state index is 12.4. The molecule has 0 saturated heterocycles. The molecule has 3 nitrogen and oxygen atoms in total. The topological polar surface area (TPSA) is 42.1 Å². The van der Waals surface area contributed by atoms with Crippen molar-refractivity contribution in [2.45, 2.75) is 13.1 Å². The molecule has 0 saturated carbocycles. The van der Waals surface area contributed by atoms with Crippen molar-refractivity contribution in [3.05, 3.63) is 30.0 Å². The number of H-pyrrole nitrogens is 1. The van der Waals surface area contributed by atoms with E-state index >= 15 is 0 Å². The quantitative estimate of drug-likeness (QED) is 0.857. The highest BCUT2D eigenvalue weighted by atomic mass is 19.4. The van der Waals surface area contributed by atoms with Crippen LogP contribution in [0.1, 0.15) is 17.3 Å². The molecule has 1 aromatic carbocycles. The van der Waals surface area contributed by atoms with Gasteiger partial charge in [0.1, 0.15) is 5.75 Å². The number of hydrogen-bond donors (Lipinski definition) is 1. The molecule has 1 N–H and O–H groups in total. The highest BCUT2D eigenvalue weighted by Gasteiger charge is 2.40. The van der Waals surface area contributed by atoms with Crippen LogP contribution in [0.3, 0.4) is 0 Å². The second-order valence-electron chi connectivity index (χ2n) is 3.67. The third-order valence-electron chi connectivity index (χ3n) is 2.47. The number of carbonyl (C=O) groups is 1. The molecule has 0 aliphatic rings. The number of carbonyl (C=O) groups excluding carboxylic acids is 1. The number of ketones is 1. The third-order valence-corrected chi connectivity index (χ3v) is 2.47. The summed E-state index contributed by atoms with van der Waals surface area (Å²) in [5.41, 5.74) is 0.0742. The number of alkyl halides is 3. The fourth-order valence-electron chi connectivity index (χ4n) is 1.70. The Balaban J connectivity index is 2.52. The van der Waals surface area contributed by atoms with Crippen LogP contribution < -0.4 is 4.74 Å². The van der Waals surface area contributed by atoms with Gasteiger partial charge in [0.25, 0.3) is 5.78 Å². The molecular weight excluding hydrogens is 247 g/mol. The maximum Gasteiger partial charge on any atom is 0.454 e. The zero-order valence-electron chi connectivity index (χ0n) is 9.47. The summed E-state index contributed by atoms with van der Waals surface area (Å²) in [4.78, 5) is 13.9. The number of rotatable bonds is 3. The summed E-state index contributed by atoms with van der Waals surface area (Å²) in [6.45, 7) is 2.17. The Morgan fingerprint density at radius 1 is 1.39 bits per heavy atom. The molecule has 0 amide bonds. The van der Waals surface area contributed by atoms with Gasteiger partial charge in [-0.15, -0.1) is 0 Å². The minimum atomic E-state index is -4.88. The second kappa shape index (κ2) is 4.36. The normalized spacial score (nSPS) is 11.8. The lowest BCUT2D eigenvalue weighted by molar-refractivity contribution is -0.0884. The number of aromatic nitrogens is 1. The van der Waals surface area contributed by atoms with Crippen molar-refractivity contribution < 1.29 is 22.7 Å². The van der Waals surface area contributed by atoms with Crippen molar-refractivity contribution in [1.82, 2.24) is 4.98 Å². The van der Waals surface area contributed by atoms with Gasteiger partial charge in [-0.1, -0.05) is 0 Å². The Morgan fingerprint density at radius 2 is 2.11 bits per heavy atom. The zero-order chi connectivity index (χ0) is 13.3. The molecule has 0 spiro atoms. The van der Waals surface area contributed by atoms with Crippen LogP contribution in [0.5, 0.6) is 5.75 Å². The van der Waals surface area contributed by atoms with Gasteiger partial charge in [0.15, 0.2) is 0 Å². The lowest BCUT2D eigenvalue weighted by Crippen LogP contribution is -2.22. The van der Waals surface area contributed by atoms with Crippen molar-refractivity contribution in [3.8, 4) is 5.75 Å². The molecule has 18 heavy (non-hydrogen) atoms. The Labute approximate surface area is 101 Å². The van der Waals surface area contributed by atoms with Gasteiger partial charge in [-0.3, -0.25) is 4.79 Å². The molecule has 0 unspecified atom stereocenters. The van der Waals surface area contributed by atoms with Crippen molar-refractivity contribution >= 4 is 16.7 Å². The number of Topliss-reactive ketones (excluding diaryl/α,β-unsaturated/α-hetero) is 1. The number of nitrogens with one attached hydrogen (secondary N) is 1. The van der Waals surface area contributed by atoms with Gasteiger partial charge in [0.05, 0.1) is 12.2 Å². The number of fused-ring (bicyclic) bond motifs is 1. The summed E-state index contributed by atoms with van der Waals surface area (Å²) in [5.74, 6) is -1.43. The predicted octanol–water partition coefficient (Wildman–Crippen LogP) is 3.31. The average molecular weight is 257 g/mol. The van der Waals surface area contributed by atoms with Crippen molar-refractivity contribution in [1.29, 1.82) is 0 Å². The summed E-state index contributed by atoms with van der Waals surface area (Å²) in [6, 6.07) is 4.63. The van der Waals surface area contributed by atoms with E-state index in [1.165, 1.54) is 6.07 Å². The van der Waals surface area contributed by atoms with Gasteiger partial charge in [-0.25, -0.2) is 0 Å². The molecule has 2 rings (SSSR count). The summed E-state index contributed by atoms with van der Waals surface area (Å²) in [5, 5.41) is 0.211. The van der Waals surface area contributed by atoms with E-state index < -0.39 is 12.0 Å². The van der Waals surface area contributed by atoms with E-state index in [1.807, 2.05) is 0 Å². The standard InChI is InChI=1S/C12H10F3NO2/c1-2-18-7-3-4-10-8(5-7)9(6-16-10)11(17)12(13,14)15/h3-6,16H,2H2,1H3. The zero-order valence-corrected chi connectivity index (χ0v) is 9.47. The highest BCUT2D eigenvalue weighted by molar-refractivity contribution is 6.10. The van der Waals surface area contributed by atoms with E-state index in [0.717, 1.165) is 6.20 Å². The fraction of sp³-hybridized carbons (Fsp3) is 0.250. The summed E-state index contributed by atoms with van der Waals surface area (Å²) < 4.78 is 42.4. The summed E-state index contributed by atoms with van der Waals surface area (Å²) >= 11 is 0. The minimum Gasteiger partial charge on any atom is -0.494 e. The Kier molecular flexibility index (Phi) is 3.02. The molecule has 0 aliphatic heterocycles. The maximum absolute atomic E-state index is 12.4. The number of halogens is 3. The van der Waals surface area contributed by atoms with E-state index in [9.17, 15) is 18.0 Å². The van der Waals surface area contributed by atoms with E-state index in [1.54, 1.807) is 19.1 Å². The first-order valence-electron chi connectivity index (χ1n) is 5.29. The largest absolute Gasteiger partial charge is 0.494 e. The fourth-order valence-corrected chi connectivity index (χ4v) is 1.70. The molecule has 0 atom stereocenters. The van der Waals surface area contributed by atoms with Gasteiger partial charge < -0.3 is 9.72 Å². The molecule has 96 valence electrons.